The van der Waals surface area contributed by atoms with Crippen molar-refractivity contribution in [3.8, 4) is 0 Å². The Kier molecular flexibility index (Phi) is 6.38. The summed E-state index contributed by atoms with van der Waals surface area (Å²) in [5.41, 5.74) is 1.63. The summed E-state index contributed by atoms with van der Waals surface area (Å²) in [6.45, 7) is 4.91. The fraction of sp³-hybridized carbons (Fsp3) is 0.556. The van der Waals surface area contributed by atoms with Crippen LogP contribution in [0.25, 0.3) is 10.9 Å². The van der Waals surface area contributed by atoms with Crippen LogP contribution in [0.15, 0.2) is 24.4 Å². The van der Waals surface area contributed by atoms with Crippen LogP contribution >= 0.6 is 0 Å². The molecule has 1 aliphatic rings. The molecular formula is C18H26N4O3. The van der Waals surface area contributed by atoms with Crippen LogP contribution in [0.2, 0.25) is 0 Å². The molecule has 7 heteroatoms. The maximum absolute atomic E-state index is 12.4. The zero-order valence-electron chi connectivity index (χ0n) is 14.7. The monoisotopic (exact) mass is 346 g/mol. The zero-order chi connectivity index (χ0) is 17.5. The molecule has 1 saturated heterocycles. The highest BCUT2D eigenvalue weighted by atomic mass is 16.5. The van der Waals surface area contributed by atoms with Crippen molar-refractivity contribution in [2.75, 3.05) is 46.6 Å². The van der Waals surface area contributed by atoms with Crippen LogP contribution in [-0.2, 0) is 9.47 Å². The van der Waals surface area contributed by atoms with Gasteiger partial charge in [0.1, 0.15) is 0 Å². The van der Waals surface area contributed by atoms with Gasteiger partial charge in [-0.05, 0) is 31.0 Å². The van der Waals surface area contributed by atoms with E-state index in [1.165, 1.54) is 0 Å². The Morgan fingerprint density at radius 3 is 2.96 bits per heavy atom. The van der Waals surface area contributed by atoms with E-state index >= 15 is 0 Å². The van der Waals surface area contributed by atoms with Gasteiger partial charge in [-0.25, -0.2) is 0 Å². The Hall–Kier alpha value is -1.96. The number of ether oxygens (including phenoxy) is 2. The molecule has 1 fully saturated rings. The molecule has 136 valence electrons. The normalized spacial score (nSPS) is 16.4. The van der Waals surface area contributed by atoms with E-state index < -0.39 is 0 Å². The third kappa shape index (κ3) is 5.01. The molecule has 1 aromatic heterocycles. The molecule has 0 atom stereocenters. The quantitative estimate of drug-likeness (QED) is 0.707. The number of likely N-dealkylation sites (tertiary alicyclic amines) is 1. The lowest BCUT2D eigenvalue weighted by molar-refractivity contribution is 0.0520. The molecule has 0 radical (unpaired) electrons. The Morgan fingerprint density at radius 1 is 1.32 bits per heavy atom. The van der Waals surface area contributed by atoms with Gasteiger partial charge in [0.2, 0.25) is 0 Å². The van der Waals surface area contributed by atoms with E-state index in [0.29, 0.717) is 18.8 Å². The third-order valence-electron chi connectivity index (χ3n) is 4.61. The maximum atomic E-state index is 12.4. The zero-order valence-corrected chi connectivity index (χ0v) is 14.7. The minimum atomic E-state index is -0.00977. The Morgan fingerprint density at radius 2 is 2.16 bits per heavy atom. The van der Waals surface area contributed by atoms with Gasteiger partial charge in [0, 0.05) is 43.7 Å². The number of aromatic nitrogens is 2. The highest BCUT2D eigenvalue weighted by molar-refractivity contribution is 5.98. The number of hydrogen-bond acceptors (Lipinski definition) is 5. The van der Waals surface area contributed by atoms with Crippen molar-refractivity contribution >= 4 is 16.8 Å². The topological polar surface area (TPSA) is 79.5 Å². The van der Waals surface area contributed by atoms with Crippen molar-refractivity contribution in [2.45, 2.75) is 18.9 Å². The smallest absolute Gasteiger partial charge is 0.251 e. The van der Waals surface area contributed by atoms with Crippen LogP contribution in [0.5, 0.6) is 0 Å². The largest absolute Gasteiger partial charge is 0.382 e. The molecule has 2 heterocycles. The summed E-state index contributed by atoms with van der Waals surface area (Å²) in [7, 11) is 1.68. The fourth-order valence-corrected chi connectivity index (χ4v) is 3.09. The number of nitrogens with zero attached hydrogens (tertiary/aromatic N) is 2. The van der Waals surface area contributed by atoms with Crippen molar-refractivity contribution in [2.24, 2.45) is 0 Å². The van der Waals surface area contributed by atoms with Gasteiger partial charge in [0.25, 0.3) is 5.91 Å². The first-order valence-electron chi connectivity index (χ1n) is 8.79. The predicted octanol–water partition coefficient (Wildman–Crippen LogP) is 1.42. The number of aromatic amines is 1. The number of nitrogens with one attached hydrogen (secondary N) is 2. The molecule has 0 spiro atoms. The molecule has 25 heavy (non-hydrogen) atoms. The van der Waals surface area contributed by atoms with E-state index in [-0.39, 0.29) is 11.9 Å². The number of amides is 1. The van der Waals surface area contributed by atoms with Crippen LogP contribution in [-0.4, -0.2) is 73.6 Å². The molecular weight excluding hydrogens is 320 g/mol. The van der Waals surface area contributed by atoms with Gasteiger partial charge in [-0.1, -0.05) is 0 Å². The first-order valence-corrected chi connectivity index (χ1v) is 8.79. The summed E-state index contributed by atoms with van der Waals surface area (Å²) < 4.78 is 10.5. The molecule has 3 rings (SSSR count). The van der Waals surface area contributed by atoms with Gasteiger partial charge in [-0.15, -0.1) is 0 Å². The summed E-state index contributed by atoms with van der Waals surface area (Å²) in [5.74, 6) is -0.00977. The minimum absolute atomic E-state index is 0.00977. The Balaban J connectivity index is 1.40. The lowest BCUT2D eigenvalue weighted by Gasteiger charge is -2.32. The van der Waals surface area contributed by atoms with Gasteiger partial charge in [0.15, 0.2) is 0 Å². The highest BCUT2D eigenvalue weighted by Crippen LogP contribution is 2.15. The van der Waals surface area contributed by atoms with Crippen LogP contribution in [0.1, 0.15) is 23.2 Å². The van der Waals surface area contributed by atoms with Gasteiger partial charge < -0.3 is 19.7 Å². The second kappa shape index (κ2) is 8.94. The summed E-state index contributed by atoms with van der Waals surface area (Å²) in [5, 5.41) is 11.0. The maximum Gasteiger partial charge on any atom is 0.251 e. The molecule has 1 amide bonds. The highest BCUT2D eigenvalue weighted by Gasteiger charge is 2.21. The van der Waals surface area contributed by atoms with Crippen LogP contribution < -0.4 is 5.32 Å². The lowest BCUT2D eigenvalue weighted by Crippen LogP contribution is -2.45. The van der Waals surface area contributed by atoms with Gasteiger partial charge in [0.05, 0.1) is 31.5 Å². The Labute approximate surface area is 147 Å². The van der Waals surface area contributed by atoms with Gasteiger partial charge >= 0.3 is 0 Å². The van der Waals surface area contributed by atoms with Crippen molar-refractivity contribution in [3.05, 3.63) is 30.0 Å². The summed E-state index contributed by atoms with van der Waals surface area (Å²) in [4.78, 5) is 14.8. The second-order valence-electron chi connectivity index (χ2n) is 6.37. The first kappa shape index (κ1) is 17.8. The average molecular weight is 346 g/mol. The number of H-pyrrole nitrogens is 1. The standard InChI is InChI=1S/C18H26N4O3/c1-24-10-11-25-9-8-22-6-4-16(5-7-22)20-18(23)14-2-3-17-15(12-14)13-19-21-17/h2-3,12-13,16H,4-11H2,1H3,(H,19,21)(H,20,23). The number of hydrogen-bond donors (Lipinski definition) is 2. The number of piperidine rings is 1. The molecule has 0 aliphatic carbocycles. The fourth-order valence-electron chi connectivity index (χ4n) is 3.09. The van der Waals surface area contributed by atoms with E-state index in [0.717, 1.165) is 50.0 Å². The van der Waals surface area contributed by atoms with Gasteiger partial charge in [-0.2, -0.15) is 5.10 Å². The first-order chi connectivity index (χ1) is 12.3. The SMILES string of the molecule is COCCOCCN1CCC(NC(=O)c2ccc3[nH]ncc3c2)CC1. The van der Waals surface area contributed by atoms with E-state index in [2.05, 4.69) is 20.4 Å². The lowest BCUT2D eigenvalue weighted by atomic mass is 10.0. The summed E-state index contributed by atoms with van der Waals surface area (Å²) in [6, 6.07) is 5.84. The van der Waals surface area contributed by atoms with E-state index in [1.807, 2.05) is 18.2 Å². The number of carbonyl (C=O) groups excluding carboxylic acids is 1. The van der Waals surface area contributed by atoms with Crippen LogP contribution in [0, 0.1) is 0 Å². The predicted molar refractivity (Wildman–Crippen MR) is 95.7 cm³/mol. The summed E-state index contributed by atoms with van der Waals surface area (Å²) >= 11 is 0. The van der Waals surface area contributed by atoms with Crippen molar-refractivity contribution in [1.29, 1.82) is 0 Å². The number of fused-ring (bicyclic) bond motifs is 1. The van der Waals surface area contributed by atoms with Crippen molar-refractivity contribution < 1.29 is 14.3 Å². The van der Waals surface area contributed by atoms with Crippen molar-refractivity contribution in [3.63, 3.8) is 0 Å². The second-order valence-corrected chi connectivity index (χ2v) is 6.37. The van der Waals surface area contributed by atoms with E-state index in [4.69, 9.17) is 9.47 Å². The minimum Gasteiger partial charge on any atom is -0.382 e. The molecule has 0 bridgehead atoms. The molecule has 1 aromatic carbocycles. The van der Waals surface area contributed by atoms with E-state index in [9.17, 15) is 4.79 Å². The molecule has 1 aliphatic heterocycles. The van der Waals surface area contributed by atoms with Crippen LogP contribution in [0.4, 0.5) is 0 Å². The molecule has 0 unspecified atom stereocenters. The van der Waals surface area contributed by atoms with Crippen LogP contribution in [0.3, 0.4) is 0 Å². The number of carbonyl (C=O) groups is 1. The molecule has 2 aromatic rings. The molecule has 2 N–H and O–H groups in total. The Bertz CT molecular complexity index is 680. The number of methoxy groups -OCH3 is 1. The molecule has 7 nitrogen and oxygen atoms in total. The summed E-state index contributed by atoms with van der Waals surface area (Å²) in [6.07, 6.45) is 3.68. The third-order valence-corrected chi connectivity index (χ3v) is 4.61. The van der Waals surface area contributed by atoms with E-state index in [1.54, 1.807) is 13.3 Å². The van der Waals surface area contributed by atoms with Gasteiger partial charge in [-0.3, -0.25) is 9.89 Å². The number of benzene rings is 1. The average Bonchev–Trinajstić information content (AvgIpc) is 3.10. The van der Waals surface area contributed by atoms with Crippen molar-refractivity contribution in [1.82, 2.24) is 20.4 Å². The number of rotatable bonds is 8. The molecule has 0 saturated carbocycles.